The van der Waals surface area contributed by atoms with Crippen LogP contribution in [0.3, 0.4) is 0 Å². The lowest BCUT2D eigenvalue weighted by atomic mass is 9.81. The number of ether oxygens (including phenoxy) is 5. The van der Waals surface area contributed by atoms with Crippen molar-refractivity contribution in [2.24, 2.45) is 0 Å². The van der Waals surface area contributed by atoms with Crippen LogP contribution in [0.25, 0.3) is 6.08 Å². The van der Waals surface area contributed by atoms with Crippen molar-refractivity contribution in [2.75, 3.05) is 20.6 Å². The van der Waals surface area contributed by atoms with Crippen molar-refractivity contribution in [2.45, 2.75) is 31.5 Å². The lowest BCUT2D eigenvalue weighted by Crippen LogP contribution is -2.43. The van der Waals surface area contributed by atoms with Crippen LogP contribution in [-0.2, 0) is 0 Å². The van der Waals surface area contributed by atoms with Crippen LogP contribution < -0.4 is 23.7 Å². The number of carbonyl (C=O) groups excluding carboxylic acids is 1. The smallest absolute Gasteiger partial charge is 0.228 e. The third kappa shape index (κ3) is 2.92. The molecular weight excluding hydrogens is 408 g/mol. The second-order valence-electron chi connectivity index (χ2n) is 8.06. The van der Waals surface area contributed by atoms with Crippen LogP contribution in [0.2, 0.25) is 0 Å². The Morgan fingerprint density at radius 2 is 2.00 bits per heavy atom. The van der Waals surface area contributed by atoms with E-state index < -0.39 is 30.3 Å². The molecule has 2 atom stereocenters. The van der Waals surface area contributed by atoms with Crippen molar-refractivity contribution < 1.29 is 37.3 Å². The Labute approximate surface area is 177 Å². The average molecular weight is 428 g/mol. The summed E-state index contributed by atoms with van der Waals surface area (Å²) in [6.07, 6.45) is 0.707. The van der Waals surface area contributed by atoms with Gasteiger partial charge in [-0.25, -0.2) is 8.78 Å². The summed E-state index contributed by atoms with van der Waals surface area (Å²) >= 11 is 0. The zero-order valence-electron chi connectivity index (χ0n) is 17.2. The van der Waals surface area contributed by atoms with Gasteiger partial charge in [-0.2, -0.15) is 0 Å². The minimum absolute atomic E-state index is 0.109. The SMILES string of the molecule is COc1cc2c(cc1OC[18F])[C@@H]1C(=O)c3ccc4c(c3O[C@@H]1CO2)C=C([18F])C(C)(C)O4. The molecule has 0 N–H and O–H groups in total. The van der Waals surface area contributed by atoms with Gasteiger partial charge in [-0.3, -0.25) is 4.79 Å². The fourth-order valence-electron chi connectivity index (χ4n) is 4.21. The number of alkyl halides is 1. The highest BCUT2D eigenvalue weighted by molar-refractivity contribution is 6.06. The number of halogens is 2. The largest absolute Gasteiger partial charge is 0.493 e. The van der Waals surface area contributed by atoms with Gasteiger partial charge in [0.05, 0.1) is 24.2 Å². The predicted octanol–water partition coefficient (Wildman–Crippen LogP) is 4.60. The molecule has 8 heteroatoms. The molecule has 0 bridgehead atoms. The Hall–Kier alpha value is -3.29. The van der Waals surface area contributed by atoms with Crippen LogP contribution >= 0.6 is 0 Å². The van der Waals surface area contributed by atoms with Crippen LogP contribution in [0.1, 0.15) is 41.3 Å². The Bertz CT molecular complexity index is 1120. The number of carbonyl (C=O) groups is 1. The molecule has 6 nitrogen and oxygen atoms in total. The first-order valence-corrected chi connectivity index (χ1v) is 9.82. The van der Waals surface area contributed by atoms with Crippen LogP contribution in [0, 0.1) is 0 Å². The second-order valence-corrected chi connectivity index (χ2v) is 8.06. The minimum atomic E-state index is -1.10. The van der Waals surface area contributed by atoms with Crippen molar-refractivity contribution in [1.82, 2.24) is 0 Å². The van der Waals surface area contributed by atoms with E-state index in [1.807, 2.05) is 0 Å². The third-order valence-corrected chi connectivity index (χ3v) is 5.80. The van der Waals surface area contributed by atoms with Crippen LogP contribution in [0.4, 0.5) is 8.78 Å². The van der Waals surface area contributed by atoms with Crippen molar-refractivity contribution in [1.29, 1.82) is 0 Å². The lowest BCUT2D eigenvalue weighted by Gasteiger charge is -2.39. The molecule has 0 amide bonds. The topological polar surface area (TPSA) is 63.2 Å². The number of Topliss-reactive ketones (excluding diaryl/α,β-unsaturated/α-hetero) is 1. The van der Waals surface area contributed by atoms with Crippen molar-refractivity contribution in [3.63, 3.8) is 0 Å². The van der Waals surface area contributed by atoms with Gasteiger partial charge in [-0.1, -0.05) is 0 Å². The van der Waals surface area contributed by atoms with Crippen molar-refractivity contribution >= 4 is 11.9 Å². The molecular formula is C23H20F2O6. The van der Waals surface area contributed by atoms with Gasteiger partial charge in [0.2, 0.25) is 6.86 Å². The summed E-state index contributed by atoms with van der Waals surface area (Å²) in [6, 6.07) is 6.38. The monoisotopic (exact) mass is 428 g/mol. The third-order valence-electron chi connectivity index (χ3n) is 5.80. The number of ketones is 1. The average Bonchev–Trinajstić information content (AvgIpc) is 2.74. The van der Waals surface area contributed by atoms with Gasteiger partial charge in [0.1, 0.15) is 35.8 Å². The van der Waals surface area contributed by atoms with E-state index in [9.17, 15) is 13.6 Å². The summed E-state index contributed by atoms with van der Waals surface area (Å²) < 4.78 is 55.3. The van der Waals surface area contributed by atoms with Gasteiger partial charge in [0.15, 0.2) is 22.9 Å². The standard InChI is InChI=1S/C23H20F2O6/c1-23(2)19(25)7-13-14(31-23)5-4-11-21(26)20-12-6-17(29-10-24)16(27-3)8-15(12)28-9-18(20)30-22(11)13/h4-8,18,20H,9-10H2,1-3H3/t18-,20+/m1/s1/i24-1,25-1. The minimum Gasteiger partial charge on any atom is -0.493 e. The van der Waals surface area contributed by atoms with E-state index >= 15 is 0 Å². The van der Waals surface area contributed by atoms with E-state index in [-0.39, 0.29) is 23.9 Å². The molecule has 0 saturated carbocycles. The first-order valence-electron chi connectivity index (χ1n) is 9.82. The van der Waals surface area contributed by atoms with E-state index in [1.165, 1.54) is 13.2 Å². The summed E-state index contributed by atoms with van der Waals surface area (Å²) in [5.41, 5.74) is 0.140. The first-order chi connectivity index (χ1) is 14.8. The van der Waals surface area contributed by atoms with Crippen LogP contribution in [0.15, 0.2) is 30.1 Å². The van der Waals surface area contributed by atoms with Gasteiger partial charge in [-0.05, 0) is 38.1 Å². The number of hydrogen-bond acceptors (Lipinski definition) is 6. The Kier molecular flexibility index (Phi) is 4.35. The Balaban J connectivity index is 1.61. The highest BCUT2D eigenvalue weighted by atomic mass is 18.2. The van der Waals surface area contributed by atoms with Gasteiger partial charge in [-0.15, -0.1) is 0 Å². The maximum atomic E-state index is 14.5. The van der Waals surface area contributed by atoms with Gasteiger partial charge >= 0.3 is 0 Å². The molecule has 0 saturated heterocycles. The first kappa shape index (κ1) is 19.7. The zero-order valence-corrected chi connectivity index (χ0v) is 17.2. The van der Waals surface area contributed by atoms with Gasteiger partial charge in [0, 0.05) is 11.6 Å². The van der Waals surface area contributed by atoms with E-state index in [0.29, 0.717) is 33.9 Å². The molecule has 5 rings (SSSR count). The van der Waals surface area contributed by atoms with Gasteiger partial charge < -0.3 is 23.7 Å². The molecule has 3 aliphatic heterocycles. The fourth-order valence-corrected chi connectivity index (χ4v) is 4.21. The molecule has 0 spiro atoms. The van der Waals surface area contributed by atoms with Crippen LogP contribution in [0.5, 0.6) is 28.7 Å². The number of methoxy groups -OCH3 is 1. The van der Waals surface area contributed by atoms with Gasteiger partial charge in [0.25, 0.3) is 0 Å². The summed E-state index contributed by atoms with van der Waals surface area (Å²) in [5.74, 6) is 0.278. The molecule has 2 aromatic carbocycles. The summed E-state index contributed by atoms with van der Waals surface area (Å²) in [5, 5.41) is 0. The molecule has 0 radical (unpaired) electrons. The summed E-state index contributed by atoms with van der Waals surface area (Å²) in [7, 11) is 1.43. The summed E-state index contributed by atoms with van der Waals surface area (Å²) in [4.78, 5) is 13.5. The molecule has 0 aliphatic carbocycles. The molecule has 2 aromatic rings. The van der Waals surface area contributed by atoms with Crippen LogP contribution in [-0.4, -0.2) is 38.1 Å². The lowest BCUT2D eigenvalue weighted by molar-refractivity contribution is 0.0548. The number of fused-ring (bicyclic) bond motifs is 6. The second kappa shape index (κ2) is 6.87. The molecule has 31 heavy (non-hydrogen) atoms. The quantitative estimate of drug-likeness (QED) is 0.712. The number of hydrogen-bond donors (Lipinski definition) is 0. The predicted molar refractivity (Wildman–Crippen MR) is 107 cm³/mol. The summed E-state index contributed by atoms with van der Waals surface area (Å²) in [6.45, 7) is 2.32. The number of rotatable bonds is 3. The molecule has 0 unspecified atom stereocenters. The maximum absolute atomic E-state index is 14.5. The molecule has 3 aliphatic rings. The van der Waals surface area contributed by atoms with Crippen molar-refractivity contribution in [3.05, 3.63) is 46.8 Å². The highest BCUT2D eigenvalue weighted by Gasteiger charge is 2.45. The maximum Gasteiger partial charge on any atom is 0.228 e. The van der Waals surface area contributed by atoms with E-state index in [0.717, 1.165) is 0 Å². The Morgan fingerprint density at radius 3 is 2.74 bits per heavy atom. The fraction of sp³-hybridized carbons (Fsp3) is 0.348. The van der Waals surface area contributed by atoms with Crippen molar-refractivity contribution in [3.8, 4) is 28.7 Å². The van der Waals surface area contributed by atoms with E-state index in [1.54, 1.807) is 38.1 Å². The number of benzene rings is 2. The highest BCUT2D eigenvalue weighted by Crippen LogP contribution is 2.50. The molecule has 0 aromatic heterocycles. The van der Waals surface area contributed by atoms with E-state index in [4.69, 9.17) is 23.7 Å². The molecule has 0 fully saturated rings. The normalized spacial score (nSPS) is 22.4. The molecule has 162 valence electrons. The van der Waals surface area contributed by atoms with E-state index in [2.05, 4.69) is 0 Å². The zero-order chi connectivity index (χ0) is 21.9. The Morgan fingerprint density at radius 1 is 1.19 bits per heavy atom. The molecule has 3 heterocycles.